The molecule has 0 spiro atoms. The molecule has 0 saturated heterocycles. The first-order valence-corrected chi connectivity index (χ1v) is 6.56. The first-order valence-electron chi connectivity index (χ1n) is 6.56. The van der Waals surface area contributed by atoms with Gasteiger partial charge in [-0.15, -0.1) is 0 Å². The molecule has 1 rings (SSSR count). The largest absolute Gasteiger partial charge is 0.389 e. The zero-order chi connectivity index (χ0) is 12.8. The van der Waals surface area contributed by atoms with E-state index in [9.17, 15) is 5.11 Å². The Morgan fingerprint density at radius 1 is 1.59 bits per heavy atom. The lowest BCUT2D eigenvalue weighted by atomic mass is 9.80. The molecule has 1 aliphatic carbocycles. The van der Waals surface area contributed by atoms with Gasteiger partial charge in [0.2, 0.25) is 0 Å². The summed E-state index contributed by atoms with van der Waals surface area (Å²) in [6.07, 6.45) is 4.49. The number of methoxy groups -OCH3 is 1. The zero-order valence-electron chi connectivity index (χ0n) is 11.6. The van der Waals surface area contributed by atoms with E-state index in [1.165, 1.54) is 18.4 Å². The van der Waals surface area contributed by atoms with Crippen molar-refractivity contribution in [1.29, 1.82) is 0 Å². The molecule has 0 bridgehead atoms. The lowest BCUT2D eigenvalue weighted by molar-refractivity contribution is 0.0395. The highest BCUT2D eigenvalue weighted by molar-refractivity contribution is 5.09. The number of rotatable bonds is 6. The van der Waals surface area contributed by atoms with Crippen LogP contribution in [-0.2, 0) is 4.74 Å². The molecule has 0 heterocycles. The van der Waals surface area contributed by atoms with E-state index in [2.05, 4.69) is 31.9 Å². The van der Waals surface area contributed by atoms with E-state index in [1.54, 1.807) is 7.11 Å². The van der Waals surface area contributed by atoms with Crippen LogP contribution in [0, 0.1) is 11.8 Å². The van der Waals surface area contributed by atoms with Gasteiger partial charge in [0.1, 0.15) is 0 Å². The van der Waals surface area contributed by atoms with Crippen molar-refractivity contribution in [1.82, 2.24) is 4.90 Å². The summed E-state index contributed by atoms with van der Waals surface area (Å²) in [6, 6.07) is 0. The summed E-state index contributed by atoms with van der Waals surface area (Å²) in [5, 5.41) is 9.70. The molecule has 3 atom stereocenters. The molecule has 0 saturated carbocycles. The molecule has 3 nitrogen and oxygen atoms in total. The maximum Gasteiger partial charge on any atom is 0.0899 e. The Labute approximate surface area is 105 Å². The van der Waals surface area contributed by atoms with Crippen LogP contribution in [0.1, 0.15) is 26.7 Å². The fourth-order valence-corrected chi connectivity index (χ4v) is 2.71. The third-order valence-corrected chi connectivity index (χ3v) is 3.75. The van der Waals surface area contributed by atoms with Crippen molar-refractivity contribution in [3.63, 3.8) is 0 Å². The van der Waals surface area contributed by atoms with Gasteiger partial charge in [-0.25, -0.2) is 0 Å². The van der Waals surface area contributed by atoms with Crippen LogP contribution >= 0.6 is 0 Å². The van der Waals surface area contributed by atoms with Gasteiger partial charge in [0.25, 0.3) is 0 Å². The van der Waals surface area contributed by atoms with Gasteiger partial charge >= 0.3 is 0 Å². The van der Waals surface area contributed by atoms with Gasteiger partial charge in [-0.2, -0.15) is 0 Å². The highest BCUT2D eigenvalue weighted by atomic mass is 16.5. The second-order valence-electron chi connectivity index (χ2n) is 5.44. The highest BCUT2D eigenvalue weighted by Gasteiger charge is 2.23. The van der Waals surface area contributed by atoms with E-state index >= 15 is 0 Å². The fourth-order valence-electron chi connectivity index (χ4n) is 2.71. The van der Waals surface area contributed by atoms with Crippen LogP contribution in [0.2, 0.25) is 0 Å². The maximum atomic E-state index is 9.70. The Hall–Kier alpha value is -0.380. The fraction of sp³-hybridized carbons (Fsp3) is 0.857. The van der Waals surface area contributed by atoms with Gasteiger partial charge in [-0.1, -0.05) is 18.6 Å². The standard InChI is InChI=1S/C14H27NO2/c1-11-6-5-7-12(2)14(11)9-15(3)8-13(16)10-17-4/h6,12-14,16H,5,7-10H2,1-4H3/t12-,13+,14+/m0/s1. The van der Waals surface area contributed by atoms with Crippen molar-refractivity contribution in [2.75, 3.05) is 33.9 Å². The molecule has 1 aliphatic rings. The van der Waals surface area contributed by atoms with Crippen molar-refractivity contribution in [3.8, 4) is 0 Å². The summed E-state index contributed by atoms with van der Waals surface area (Å²) < 4.78 is 4.95. The SMILES string of the molecule is COC[C@H](O)CN(C)C[C@@H]1C(C)=CCC[C@@H]1C. The van der Waals surface area contributed by atoms with Crippen molar-refractivity contribution < 1.29 is 9.84 Å². The molecule has 0 amide bonds. The molecule has 3 heteroatoms. The van der Waals surface area contributed by atoms with Gasteiger partial charge in [-0.05, 0) is 38.6 Å². The molecule has 0 radical (unpaired) electrons. The normalized spacial score (nSPS) is 27.1. The summed E-state index contributed by atoms with van der Waals surface area (Å²) in [5.41, 5.74) is 1.51. The highest BCUT2D eigenvalue weighted by Crippen LogP contribution is 2.30. The van der Waals surface area contributed by atoms with Crippen LogP contribution in [0.15, 0.2) is 11.6 Å². The Kier molecular flexibility index (Phi) is 6.17. The topological polar surface area (TPSA) is 32.7 Å². The average Bonchev–Trinajstić information content (AvgIpc) is 2.24. The van der Waals surface area contributed by atoms with Gasteiger partial charge < -0.3 is 14.7 Å². The second-order valence-corrected chi connectivity index (χ2v) is 5.44. The van der Waals surface area contributed by atoms with Crippen molar-refractivity contribution in [2.24, 2.45) is 11.8 Å². The van der Waals surface area contributed by atoms with E-state index in [4.69, 9.17) is 4.74 Å². The predicted molar refractivity (Wildman–Crippen MR) is 71.0 cm³/mol. The number of nitrogens with zero attached hydrogens (tertiary/aromatic N) is 1. The summed E-state index contributed by atoms with van der Waals surface area (Å²) in [5.74, 6) is 1.39. The molecule has 17 heavy (non-hydrogen) atoms. The molecule has 0 aromatic rings. The number of hydrogen-bond donors (Lipinski definition) is 1. The molecule has 0 unspecified atom stereocenters. The maximum absolute atomic E-state index is 9.70. The van der Waals surface area contributed by atoms with E-state index in [0.29, 0.717) is 19.1 Å². The predicted octanol–water partition coefficient (Wildman–Crippen LogP) is 1.92. The molecule has 100 valence electrons. The Morgan fingerprint density at radius 2 is 2.29 bits per heavy atom. The Bertz CT molecular complexity index is 253. The molecule has 0 aliphatic heterocycles. The van der Waals surface area contributed by atoms with Crippen LogP contribution in [0.3, 0.4) is 0 Å². The minimum atomic E-state index is -0.381. The lowest BCUT2D eigenvalue weighted by Gasteiger charge is -2.33. The van der Waals surface area contributed by atoms with Crippen molar-refractivity contribution in [2.45, 2.75) is 32.8 Å². The van der Waals surface area contributed by atoms with Crippen LogP contribution in [0.4, 0.5) is 0 Å². The number of likely N-dealkylation sites (N-methyl/N-ethyl adjacent to an activating group) is 1. The van der Waals surface area contributed by atoms with Crippen LogP contribution in [-0.4, -0.2) is 50.0 Å². The Morgan fingerprint density at radius 3 is 2.88 bits per heavy atom. The number of ether oxygens (including phenoxy) is 1. The van der Waals surface area contributed by atoms with Crippen LogP contribution in [0.25, 0.3) is 0 Å². The minimum absolute atomic E-state index is 0.381. The van der Waals surface area contributed by atoms with Gasteiger partial charge in [0.05, 0.1) is 12.7 Å². The number of aliphatic hydroxyl groups excluding tert-OH is 1. The first-order chi connectivity index (χ1) is 8.04. The van der Waals surface area contributed by atoms with E-state index in [-0.39, 0.29) is 6.10 Å². The Balaban J connectivity index is 2.41. The molecule has 0 aromatic carbocycles. The number of allylic oxidation sites excluding steroid dienone is 1. The quantitative estimate of drug-likeness (QED) is 0.721. The summed E-state index contributed by atoms with van der Waals surface area (Å²) in [7, 11) is 3.70. The van der Waals surface area contributed by atoms with Crippen molar-refractivity contribution in [3.05, 3.63) is 11.6 Å². The monoisotopic (exact) mass is 241 g/mol. The minimum Gasteiger partial charge on any atom is -0.389 e. The summed E-state index contributed by atoms with van der Waals surface area (Å²) in [4.78, 5) is 2.22. The molecule has 0 aromatic heterocycles. The third-order valence-electron chi connectivity index (χ3n) is 3.75. The third kappa shape index (κ3) is 4.78. The van der Waals surface area contributed by atoms with E-state index in [1.807, 2.05) is 0 Å². The molecular weight excluding hydrogens is 214 g/mol. The van der Waals surface area contributed by atoms with Gasteiger partial charge in [-0.3, -0.25) is 0 Å². The smallest absolute Gasteiger partial charge is 0.0899 e. The van der Waals surface area contributed by atoms with Gasteiger partial charge in [0, 0.05) is 20.2 Å². The average molecular weight is 241 g/mol. The summed E-state index contributed by atoms with van der Waals surface area (Å²) in [6.45, 7) is 6.70. The second kappa shape index (κ2) is 7.14. The van der Waals surface area contributed by atoms with E-state index < -0.39 is 0 Å². The number of hydrogen-bond acceptors (Lipinski definition) is 3. The first kappa shape index (κ1) is 14.7. The molecule has 0 fully saturated rings. The van der Waals surface area contributed by atoms with E-state index in [0.717, 1.165) is 12.5 Å². The van der Waals surface area contributed by atoms with Gasteiger partial charge in [0.15, 0.2) is 0 Å². The van der Waals surface area contributed by atoms with Crippen molar-refractivity contribution >= 4 is 0 Å². The number of aliphatic hydroxyl groups is 1. The molecular formula is C14H27NO2. The van der Waals surface area contributed by atoms with Crippen LogP contribution < -0.4 is 0 Å². The zero-order valence-corrected chi connectivity index (χ0v) is 11.6. The van der Waals surface area contributed by atoms with Crippen LogP contribution in [0.5, 0.6) is 0 Å². The lowest BCUT2D eigenvalue weighted by Crippen LogP contribution is -2.37. The summed E-state index contributed by atoms with van der Waals surface area (Å²) >= 11 is 0. The molecule has 1 N–H and O–H groups in total.